The van der Waals surface area contributed by atoms with Crippen molar-refractivity contribution in [3.8, 4) is 11.0 Å². The first-order valence-electron chi connectivity index (χ1n) is 6.87. The van der Waals surface area contributed by atoms with E-state index in [9.17, 15) is 14.7 Å². The lowest BCUT2D eigenvalue weighted by Gasteiger charge is -2.26. The molecule has 0 aliphatic heterocycles. The summed E-state index contributed by atoms with van der Waals surface area (Å²) < 4.78 is 2.56. The number of hydrogen-bond acceptors (Lipinski definition) is 5. The van der Waals surface area contributed by atoms with Gasteiger partial charge in [0.15, 0.2) is 5.78 Å². The summed E-state index contributed by atoms with van der Waals surface area (Å²) in [5.41, 5.74) is 0.275. The highest BCUT2D eigenvalue weighted by molar-refractivity contribution is 7.16. The second kappa shape index (κ2) is 4.56. The van der Waals surface area contributed by atoms with E-state index in [2.05, 4.69) is 4.98 Å². The molecule has 0 unspecified atom stereocenters. The summed E-state index contributed by atoms with van der Waals surface area (Å²) in [4.78, 5) is 29.4. The van der Waals surface area contributed by atoms with Crippen LogP contribution in [0.2, 0.25) is 0 Å². The number of carbonyl (C=O) groups is 1. The van der Waals surface area contributed by atoms with Gasteiger partial charge in [0.25, 0.3) is 0 Å². The van der Waals surface area contributed by atoms with Crippen LogP contribution in [0.4, 0.5) is 0 Å². The van der Waals surface area contributed by atoms with Gasteiger partial charge < -0.3 is 5.11 Å². The number of hydrogen-bond donors (Lipinski definition) is 1. The Kier molecular flexibility index (Phi) is 3.05. The van der Waals surface area contributed by atoms with Gasteiger partial charge in [0, 0.05) is 13.0 Å². The topological polar surface area (TPSA) is 77.1 Å². The number of rotatable bonds is 2. The smallest absolute Gasteiger partial charge is 0.337 e. The van der Waals surface area contributed by atoms with E-state index in [1.54, 1.807) is 0 Å². The van der Waals surface area contributed by atoms with Crippen LogP contribution in [0, 0.1) is 5.41 Å². The minimum Gasteiger partial charge on any atom is -0.493 e. The van der Waals surface area contributed by atoms with E-state index in [4.69, 9.17) is 0 Å². The van der Waals surface area contributed by atoms with Gasteiger partial charge in [0.05, 0.1) is 16.8 Å². The molecule has 2 heterocycles. The van der Waals surface area contributed by atoms with E-state index in [0.29, 0.717) is 29.4 Å². The number of aryl methyl sites for hydroxylation is 1. The summed E-state index contributed by atoms with van der Waals surface area (Å²) in [5, 5.41) is 10.3. The Balaban J connectivity index is 2.13. The predicted octanol–water partition coefficient (Wildman–Crippen LogP) is 1.98. The third kappa shape index (κ3) is 2.21. The molecule has 1 N–H and O–H groups in total. The van der Waals surface area contributed by atoms with Crippen molar-refractivity contribution in [1.82, 2.24) is 14.1 Å². The highest BCUT2D eigenvalue weighted by atomic mass is 32.1. The zero-order chi connectivity index (χ0) is 15.4. The molecule has 6 nitrogen and oxygen atoms in total. The maximum absolute atomic E-state index is 12.2. The molecule has 1 aliphatic carbocycles. The van der Waals surface area contributed by atoms with Gasteiger partial charge in [-0.2, -0.15) is 0 Å². The molecular formula is C14H17N3O3S. The van der Waals surface area contributed by atoms with Gasteiger partial charge in [0.1, 0.15) is 0 Å². The van der Waals surface area contributed by atoms with Crippen molar-refractivity contribution < 1.29 is 9.90 Å². The molecule has 1 aliphatic rings. The molecule has 3 rings (SSSR count). The first-order chi connectivity index (χ1) is 9.82. The highest BCUT2D eigenvalue weighted by Gasteiger charge is 2.34. The molecule has 0 spiro atoms. The third-order valence-corrected chi connectivity index (χ3v) is 4.82. The largest absolute Gasteiger partial charge is 0.493 e. The summed E-state index contributed by atoms with van der Waals surface area (Å²) in [6.45, 7) is 6.36. The third-order valence-electron chi connectivity index (χ3n) is 3.69. The standard InChI is InChI=1S/C14H17N3O3S/c1-4-16-7-10(19)17(13(16)20)12-15-8-5-14(2,3)6-9(18)11(8)21-12/h7,19H,4-6H2,1-3H3. The number of Topliss-reactive ketones (excluding diaryl/α,β-unsaturated/α-hetero) is 1. The van der Waals surface area contributed by atoms with Crippen LogP contribution in [0.5, 0.6) is 5.88 Å². The van der Waals surface area contributed by atoms with Gasteiger partial charge in [-0.1, -0.05) is 25.2 Å². The van der Waals surface area contributed by atoms with E-state index < -0.39 is 0 Å². The molecule has 0 bridgehead atoms. The fourth-order valence-corrected chi connectivity index (χ4v) is 3.71. The molecule has 0 atom stereocenters. The number of carbonyl (C=O) groups excluding carboxylic acids is 1. The van der Waals surface area contributed by atoms with Crippen LogP contribution in [-0.4, -0.2) is 25.0 Å². The Morgan fingerprint density at radius 1 is 1.38 bits per heavy atom. The average Bonchev–Trinajstić information content (AvgIpc) is 2.89. The maximum Gasteiger partial charge on any atom is 0.337 e. The molecule has 0 saturated heterocycles. The lowest BCUT2D eigenvalue weighted by Crippen LogP contribution is -2.26. The number of aromatic nitrogens is 3. The SMILES string of the molecule is CCn1cc(O)n(-c2nc3c(s2)C(=O)CC(C)(C)C3)c1=O. The van der Waals surface area contributed by atoms with Crippen LogP contribution in [0.1, 0.15) is 42.6 Å². The second-order valence-electron chi connectivity index (χ2n) is 6.10. The number of fused-ring (bicyclic) bond motifs is 1. The van der Waals surface area contributed by atoms with Crippen molar-refractivity contribution >= 4 is 17.1 Å². The molecular weight excluding hydrogens is 290 g/mol. The van der Waals surface area contributed by atoms with E-state index >= 15 is 0 Å². The number of nitrogens with zero attached hydrogens (tertiary/aromatic N) is 3. The second-order valence-corrected chi connectivity index (χ2v) is 7.08. The molecule has 0 fully saturated rings. The van der Waals surface area contributed by atoms with Crippen molar-refractivity contribution in [2.24, 2.45) is 5.41 Å². The van der Waals surface area contributed by atoms with E-state index in [0.717, 1.165) is 10.3 Å². The van der Waals surface area contributed by atoms with E-state index in [1.165, 1.54) is 22.1 Å². The van der Waals surface area contributed by atoms with Crippen LogP contribution in [-0.2, 0) is 13.0 Å². The van der Waals surface area contributed by atoms with Crippen molar-refractivity contribution in [2.75, 3.05) is 0 Å². The van der Waals surface area contributed by atoms with Crippen LogP contribution in [0.3, 0.4) is 0 Å². The quantitative estimate of drug-likeness (QED) is 0.920. The monoisotopic (exact) mass is 307 g/mol. The molecule has 2 aromatic heterocycles. The summed E-state index contributed by atoms with van der Waals surface area (Å²) in [7, 11) is 0. The number of thiazole rings is 1. The van der Waals surface area contributed by atoms with Gasteiger partial charge in [0.2, 0.25) is 11.0 Å². The molecule has 0 amide bonds. The van der Waals surface area contributed by atoms with Crippen molar-refractivity contribution in [3.63, 3.8) is 0 Å². The molecule has 0 saturated carbocycles. The van der Waals surface area contributed by atoms with Gasteiger partial charge >= 0.3 is 5.69 Å². The Hall–Kier alpha value is -1.89. The Morgan fingerprint density at radius 3 is 2.71 bits per heavy atom. The Morgan fingerprint density at radius 2 is 2.10 bits per heavy atom. The zero-order valence-corrected chi connectivity index (χ0v) is 13.0. The first kappa shape index (κ1) is 14.1. The molecule has 2 aromatic rings. The van der Waals surface area contributed by atoms with Gasteiger partial charge in [-0.05, 0) is 18.8 Å². The fourth-order valence-electron chi connectivity index (χ4n) is 2.69. The minimum atomic E-state index is -0.340. The zero-order valence-electron chi connectivity index (χ0n) is 12.2. The van der Waals surface area contributed by atoms with Crippen molar-refractivity contribution in [1.29, 1.82) is 0 Å². The number of ketones is 1. The molecule has 0 aromatic carbocycles. The maximum atomic E-state index is 12.2. The van der Waals surface area contributed by atoms with Crippen LogP contribution in [0.15, 0.2) is 11.0 Å². The van der Waals surface area contributed by atoms with Crippen molar-refractivity contribution in [2.45, 2.75) is 40.2 Å². The van der Waals surface area contributed by atoms with Crippen LogP contribution < -0.4 is 5.69 Å². The summed E-state index contributed by atoms with van der Waals surface area (Å²) in [5.74, 6) is -0.0906. The summed E-state index contributed by atoms with van der Waals surface area (Å²) >= 11 is 1.18. The van der Waals surface area contributed by atoms with E-state index in [1.807, 2.05) is 20.8 Å². The lowest BCUT2D eigenvalue weighted by molar-refractivity contribution is 0.0916. The fraction of sp³-hybridized carbons (Fsp3) is 0.500. The minimum absolute atomic E-state index is 0.0625. The predicted molar refractivity (Wildman–Crippen MR) is 79.5 cm³/mol. The average molecular weight is 307 g/mol. The van der Waals surface area contributed by atoms with Gasteiger partial charge in [-0.25, -0.2) is 14.3 Å². The number of aromatic hydroxyl groups is 1. The highest BCUT2D eigenvalue weighted by Crippen LogP contribution is 2.38. The van der Waals surface area contributed by atoms with Gasteiger partial charge in [-0.3, -0.25) is 9.36 Å². The molecule has 7 heteroatoms. The Bertz CT molecular complexity index is 782. The Labute approximate surface area is 125 Å². The molecule has 21 heavy (non-hydrogen) atoms. The normalized spacial score (nSPS) is 17.0. The summed E-state index contributed by atoms with van der Waals surface area (Å²) in [6.07, 6.45) is 2.57. The van der Waals surface area contributed by atoms with Crippen LogP contribution in [0.25, 0.3) is 5.13 Å². The molecule has 112 valence electrons. The summed E-state index contributed by atoms with van der Waals surface area (Å²) in [6, 6.07) is 0. The number of imidazole rings is 1. The van der Waals surface area contributed by atoms with Crippen molar-refractivity contribution in [3.05, 3.63) is 27.3 Å². The molecule has 0 radical (unpaired) electrons. The van der Waals surface area contributed by atoms with E-state index in [-0.39, 0.29) is 22.8 Å². The van der Waals surface area contributed by atoms with Gasteiger partial charge in [-0.15, -0.1) is 0 Å². The lowest BCUT2D eigenvalue weighted by atomic mass is 9.78. The first-order valence-corrected chi connectivity index (χ1v) is 7.68. The van der Waals surface area contributed by atoms with Crippen LogP contribution >= 0.6 is 11.3 Å².